The first-order chi connectivity index (χ1) is 33.1. The second-order valence-corrected chi connectivity index (χ2v) is 16.5. The highest BCUT2D eigenvalue weighted by Gasteiger charge is 2.27. The molecule has 0 bridgehead atoms. The van der Waals surface area contributed by atoms with Crippen LogP contribution in [0.4, 0.5) is 25.8 Å². The number of alkyl carbamates (subject to hydrolysis) is 3. The van der Waals surface area contributed by atoms with Gasteiger partial charge in [0.15, 0.2) is 0 Å². The maximum absolute atomic E-state index is 14.1. The average molecular weight is 955 g/mol. The number of nitrogens with one attached hydrogen (secondary N) is 6. The number of benzene rings is 4. The fraction of sp³-hybridized carbons (Fsp3) is 0.380. The van der Waals surface area contributed by atoms with Crippen molar-refractivity contribution in [3.8, 4) is 11.5 Å². The Balaban J connectivity index is 1.45. The highest BCUT2D eigenvalue weighted by atomic mass is 16.6. The van der Waals surface area contributed by atoms with Gasteiger partial charge in [0.05, 0.1) is 26.9 Å². The van der Waals surface area contributed by atoms with Crippen molar-refractivity contribution in [1.29, 1.82) is 0 Å². The monoisotopic (exact) mass is 954 g/mol. The lowest BCUT2D eigenvalue weighted by Gasteiger charge is -2.23. The molecule has 6 amide bonds. The van der Waals surface area contributed by atoms with Crippen LogP contribution in [0.15, 0.2) is 97.1 Å². The summed E-state index contributed by atoms with van der Waals surface area (Å²) >= 11 is 0. The largest absolute Gasteiger partial charge is 0.496 e. The number of hydrogen-bond acceptors (Lipinski definition) is 13. The molecule has 0 saturated carbocycles. The molecule has 19 nitrogen and oxygen atoms in total. The summed E-state index contributed by atoms with van der Waals surface area (Å²) in [6.07, 6.45) is -0.128. The fourth-order valence-corrected chi connectivity index (χ4v) is 6.58. The van der Waals surface area contributed by atoms with Gasteiger partial charge in [-0.1, -0.05) is 60.7 Å². The number of anilines is 2. The SMILES string of the molecule is COC(=O)c1cc(NC(=O)[C@H](CCCCNC(=O)OCc2ccccc2)NC(=O)c2cc(NC(=O)[C@H](CCCCNC(=O)OCc3ccccc3)NC(=O)OC(C)(C)C)ccc2OC)ccc1OC. The highest BCUT2D eigenvalue weighted by molar-refractivity contribution is 6.04. The van der Waals surface area contributed by atoms with Crippen molar-refractivity contribution in [3.05, 3.63) is 119 Å². The summed E-state index contributed by atoms with van der Waals surface area (Å²) in [5.41, 5.74) is 1.23. The first kappa shape index (κ1) is 53.8. The molecule has 0 spiro atoms. The molecule has 0 aliphatic rings. The first-order valence-corrected chi connectivity index (χ1v) is 22.3. The third kappa shape index (κ3) is 19.1. The summed E-state index contributed by atoms with van der Waals surface area (Å²) in [4.78, 5) is 91.7. The van der Waals surface area contributed by atoms with Crippen molar-refractivity contribution in [2.45, 2.75) is 90.2 Å². The summed E-state index contributed by atoms with van der Waals surface area (Å²) in [7, 11) is 3.95. The van der Waals surface area contributed by atoms with E-state index in [1.165, 1.54) is 57.7 Å². The van der Waals surface area contributed by atoms with E-state index in [-0.39, 0.29) is 73.1 Å². The Morgan fingerprint density at radius 2 is 0.986 bits per heavy atom. The van der Waals surface area contributed by atoms with Crippen molar-refractivity contribution < 1.29 is 62.0 Å². The van der Waals surface area contributed by atoms with E-state index in [0.717, 1.165) is 11.1 Å². The van der Waals surface area contributed by atoms with Gasteiger partial charge in [-0.15, -0.1) is 0 Å². The molecule has 4 aromatic rings. The van der Waals surface area contributed by atoms with Crippen LogP contribution in [-0.2, 0) is 41.8 Å². The molecule has 0 aromatic heterocycles. The van der Waals surface area contributed by atoms with E-state index in [0.29, 0.717) is 25.7 Å². The van der Waals surface area contributed by atoms with Gasteiger partial charge in [-0.2, -0.15) is 0 Å². The van der Waals surface area contributed by atoms with Crippen LogP contribution in [0.1, 0.15) is 91.1 Å². The number of ether oxygens (including phenoxy) is 6. The number of carbonyl (C=O) groups is 7. The predicted octanol–water partition coefficient (Wildman–Crippen LogP) is 7.25. The Morgan fingerprint density at radius 3 is 1.43 bits per heavy atom. The quantitative estimate of drug-likeness (QED) is 0.0230. The van der Waals surface area contributed by atoms with Crippen molar-refractivity contribution in [2.75, 3.05) is 45.1 Å². The Hall–Kier alpha value is -7.83. The van der Waals surface area contributed by atoms with E-state index < -0.39 is 59.7 Å². The van der Waals surface area contributed by atoms with Crippen molar-refractivity contribution in [1.82, 2.24) is 21.3 Å². The standard InChI is InChI=1S/C50H62N6O13/c1-50(2,3)69-49(63)56-40(22-14-16-28-52-48(62)68-32-34-19-11-8-12-20-34)45(59)53-35-23-25-41(64-4)37(29-35)43(57)55-39(21-13-15-27-51-47(61)67-31-33-17-9-7-10-18-33)44(58)54-36-24-26-42(65-5)38(30-36)46(60)66-6/h7-12,17-20,23-26,29-30,39-40H,13-16,21-22,27-28,31-32H2,1-6H3,(H,51,61)(H,52,62)(H,53,59)(H,54,58)(H,55,57)(H,56,63)/t39-,40-/m0/s1. The molecule has 0 fully saturated rings. The van der Waals surface area contributed by atoms with Crippen LogP contribution in [-0.4, -0.2) is 94.1 Å². The lowest BCUT2D eigenvalue weighted by Crippen LogP contribution is -2.46. The summed E-state index contributed by atoms with van der Waals surface area (Å²) in [5.74, 6) is -2.32. The molecule has 0 saturated heterocycles. The Bertz CT molecular complexity index is 2340. The first-order valence-electron chi connectivity index (χ1n) is 22.3. The second kappa shape index (κ2) is 27.7. The predicted molar refractivity (Wildman–Crippen MR) is 256 cm³/mol. The van der Waals surface area contributed by atoms with E-state index in [1.807, 2.05) is 60.7 Å². The van der Waals surface area contributed by atoms with Crippen LogP contribution in [0.2, 0.25) is 0 Å². The van der Waals surface area contributed by atoms with Crippen LogP contribution in [0.3, 0.4) is 0 Å². The van der Waals surface area contributed by atoms with Gasteiger partial charge in [-0.25, -0.2) is 19.2 Å². The van der Waals surface area contributed by atoms with Gasteiger partial charge >= 0.3 is 24.2 Å². The number of carbonyl (C=O) groups excluding carboxylic acids is 7. The van der Waals surface area contributed by atoms with E-state index in [1.54, 1.807) is 20.8 Å². The normalized spacial score (nSPS) is 11.6. The molecule has 2 atom stereocenters. The second-order valence-electron chi connectivity index (χ2n) is 16.5. The maximum atomic E-state index is 14.1. The van der Waals surface area contributed by atoms with Gasteiger partial charge in [0.2, 0.25) is 11.8 Å². The number of methoxy groups -OCH3 is 3. The van der Waals surface area contributed by atoms with Gasteiger partial charge in [0.25, 0.3) is 5.91 Å². The zero-order valence-electron chi connectivity index (χ0n) is 39.8. The van der Waals surface area contributed by atoms with E-state index in [9.17, 15) is 33.6 Å². The van der Waals surface area contributed by atoms with Crippen LogP contribution in [0, 0.1) is 0 Å². The van der Waals surface area contributed by atoms with Gasteiger partial charge in [0, 0.05) is 24.5 Å². The molecular weight excluding hydrogens is 893 g/mol. The van der Waals surface area contributed by atoms with Crippen molar-refractivity contribution >= 4 is 53.3 Å². The number of rotatable bonds is 24. The van der Waals surface area contributed by atoms with E-state index >= 15 is 0 Å². The summed E-state index contributed by atoms with van der Waals surface area (Å²) in [6.45, 7) is 5.73. The van der Waals surface area contributed by atoms with Crippen molar-refractivity contribution in [2.24, 2.45) is 0 Å². The molecule has 69 heavy (non-hydrogen) atoms. The Kier molecular flexibility index (Phi) is 21.6. The topological polar surface area (TPSA) is 247 Å². The molecule has 0 heterocycles. The molecule has 370 valence electrons. The van der Waals surface area contributed by atoms with E-state index in [2.05, 4.69) is 31.9 Å². The molecule has 4 aromatic carbocycles. The number of amides is 6. The third-order valence-electron chi connectivity index (χ3n) is 10.0. The van der Waals surface area contributed by atoms with Crippen LogP contribution >= 0.6 is 0 Å². The maximum Gasteiger partial charge on any atom is 0.408 e. The Labute approximate surface area is 401 Å². The molecule has 0 radical (unpaired) electrons. The fourth-order valence-electron chi connectivity index (χ4n) is 6.58. The lowest BCUT2D eigenvalue weighted by molar-refractivity contribution is -0.119. The summed E-state index contributed by atoms with van der Waals surface area (Å²) in [6, 6.07) is 24.9. The molecule has 0 aliphatic carbocycles. The minimum atomic E-state index is -1.16. The van der Waals surface area contributed by atoms with Gasteiger partial charge < -0.3 is 60.3 Å². The molecule has 19 heteroatoms. The van der Waals surface area contributed by atoms with Gasteiger partial charge in [-0.3, -0.25) is 14.4 Å². The third-order valence-corrected chi connectivity index (χ3v) is 10.0. The lowest BCUT2D eigenvalue weighted by atomic mass is 10.1. The van der Waals surface area contributed by atoms with Crippen molar-refractivity contribution in [3.63, 3.8) is 0 Å². The average Bonchev–Trinajstić information content (AvgIpc) is 3.33. The molecule has 4 rings (SSSR count). The zero-order valence-corrected chi connectivity index (χ0v) is 39.8. The Morgan fingerprint density at radius 1 is 0.536 bits per heavy atom. The number of hydrogen-bond donors (Lipinski definition) is 6. The van der Waals surface area contributed by atoms with Crippen LogP contribution in [0.25, 0.3) is 0 Å². The smallest absolute Gasteiger partial charge is 0.408 e. The van der Waals surface area contributed by atoms with E-state index in [4.69, 9.17) is 28.4 Å². The molecule has 0 aliphatic heterocycles. The number of unbranched alkanes of at least 4 members (excludes halogenated alkanes) is 2. The summed E-state index contributed by atoms with van der Waals surface area (Å²) in [5, 5.41) is 16.3. The molecule has 6 N–H and O–H groups in total. The minimum absolute atomic E-state index is 0.0322. The number of esters is 1. The molecule has 0 unspecified atom stereocenters. The van der Waals surface area contributed by atoms with Crippen LogP contribution < -0.4 is 41.4 Å². The van der Waals surface area contributed by atoms with Crippen LogP contribution in [0.5, 0.6) is 11.5 Å². The zero-order chi connectivity index (χ0) is 50.2. The van der Waals surface area contributed by atoms with Gasteiger partial charge in [0.1, 0.15) is 48.0 Å². The minimum Gasteiger partial charge on any atom is -0.496 e. The highest BCUT2D eigenvalue weighted by Crippen LogP contribution is 2.26. The molecular formula is C50H62N6O13. The van der Waals surface area contributed by atoms with Gasteiger partial charge in [-0.05, 0) is 107 Å². The summed E-state index contributed by atoms with van der Waals surface area (Å²) < 4.78 is 31.6.